The van der Waals surface area contributed by atoms with E-state index in [0.717, 1.165) is 12.0 Å². The van der Waals surface area contributed by atoms with Gasteiger partial charge in [-0.2, -0.15) is 0 Å². The Hall–Kier alpha value is -2.28. The lowest BCUT2D eigenvalue weighted by atomic mass is 10.0. The van der Waals surface area contributed by atoms with Crippen molar-refractivity contribution >= 4 is 5.91 Å². The van der Waals surface area contributed by atoms with Crippen LogP contribution >= 0.6 is 0 Å². The molecule has 7 heteroatoms. The first kappa shape index (κ1) is 16.1. The highest BCUT2D eigenvalue weighted by Gasteiger charge is 2.24. The van der Waals surface area contributed by atoms with E-state index in [-0.39, 0.29) is 18.6 Å². The fourth-order valence-corrected chi connectivity index (χ4v) is 2.29. The summed E-state index contributed by atoms with van der Waals surface area (Å²) in [4.78, 5) is 12.6. The molecule has 2 rings (SSSR count). The van der Waals surface area contributed by atoms with Crippen molar-refractivity contribution in [1.82, 2.24) is 25.5 Å². The summed E-state index contributed by atoms with van der Waals surface area (Å²) in [6, 6.07) is 9.18. The van der Waals surface area contributed by atoms with Crippen LogP contribution in [0.15, 0.2) is 36.7 Å². The molecule has 0 fully saturated rings. The van der Waals surface area contributed by atoms with E-state index in [9.17, 15) is 4.79 Å². The average molecular weight is 303 g/mol. The van der Waals surface area contributed by atoms with E-state index in [0.29, 0.717) is 12.8 Å². The highest BCUT2D eigenvalue weighted by Crippen LogP contribution is 2.14. The number of aromatic nitrogens is 4. The van der Waals surface area contributed by atoms with E-state index in [1.54, 1.807) is 0 Å². The first-order valence-electron chi connectivity index (χ1n) is 7.42. The molecule has 2 N–H and O–H groups in total. The van der Waals surface area contributed by atoms with E-state index in [4.69, 9.17) is 5.11 Å². The molecule has 22 heavy (non-hydrogen) atoms. The number of carbonyl (C=O) groups excluding carboxylic acids is 1. The van der Waals surface area contributed by atoms with Crippen molar-refractivity contribution in [3.63, 3.8) is 0 Å². The SMILES string of the molecule is CCC(CCO)NC(=O)C(Cc1ccccc1)n1cnnn1. The van der Waals surface area contributed by atoms with E-state index >= 15 is 0 Å². The lowest BCUT2D eigenvalue weighted by molar-refractivity contribution is -0.125. The minimum atomic E-state index is -0.509. The number of rotatable bonds is 8. The third-order valence-electron chi connectivity index (χ3n) is 3.58. The molecule has 0 saturated heterocycles. The minimum absolute atomic E-state index is 0.0486. The minimum Gasteiger partial charge on any atom is -0.396 e. The maximum Gasteiger partial charge on any atom is 0.245 e. The van der Waals surface area contributed by atoms with Crippen LogP contribution in [-0.2, 0) is 11.2 Å². The summed E-state index contributed by atoms with van der Waals surface area (Å²) in [5, 5.41) is 23.1. The molecule has 7 nitrogen and oxygen atoms in total. The Bertz CT molecular complexity index is 559. The van der Waals surface area contributed by atoms with Crippen molar-refractivity contribution in [2.24, 2.45) is 0 Å². The van der Waals surface area contributed by atoms with E-state index in [1.807, 2.05) is 37.3 Å². The molecule has 0 aliphatic heterocycles. The monoisotopic (exact) mass is 303 g/mol. The van der Waals surface area contributed by atoms with Crippen LogP contribution in [0.1, 0.15) is 31.4 Å². The number of tetrazole rings is 1. The number of carbonyl (C=O) groups is 1. The first-order chi connectivity index (χ1) is 10.7. The Morgan fingerprint density at radius 3 is 2.73 bits per heavy atom. The van der Waals surface area contributed by atoms with Crippen LogP contribution in [0.3, 0.4) is 0 Å². The van der Waals surface area contributed by atoms with E-state index < -0.39 is 6.04 Å². The number of hydrogen-bond donors (Lipinski definition) is 2. The van der Waals surface area contributed by atoms with Crippen LogP contribution < -0.4 is 5.32 Å². The third-order valence-corrected chi connectivity index (χ3v) is 3.58. The van der Waals surface area contributed by atoms with Crippen molar-refractivity contribution in [3.05, 3.63) is 42.2 Å². The van der Waals surface area contributed by atoms with E-state index in [2.05, 4.69) is 20.8 Å². The molecule has 2 aromatic rings. The number of aliphatic hydroxyl groups excluding tert-OH is 1. The summed E-state index contributed by atoms with van der Waals surface area (Å²) in [6.07, 6.45) is 3.25. The van der Waals surface area contributed by atoms with Crippen LogP contribution in [-0.4, -0.2) is 43.9 Å². The summed E-state index contributed by atoms with van der Waals surface area (Å²) >= 11 is 0. The molecule has 1 heterocycles. The molecule has 2 unspecified atom stereocenters. The lowest BCUT2D eigenvalue weighted by Gasteiger charge is -2.21. The molecule has 0 aliphatic carbocycles. The Balaban J connectivity index is 2.12. The zero-order valence-corrected chi connectivity index (χ0v) is 12.6. The predicted octanol–water partition coefficient (Wildman–Crippen LogP) is 0.734. The van der Waals surface area contributed by atoms with Crippen molar-refractivity contribution in [2.75, 3.05) is 6.61 Å². The maximum atomic E-state index is 12.6. The van der Waals surface area contributed by atoms with Crippen molar-refractivity contribution in [3.8, 4) is 0 Å². The van der Waals surface area contributed by atoms with Crippen LogP contribution in [0.25, 0.3) is 0 Å². The number of amides is 1. The second kappa shape index (κ2) is 8.23. The zero-order valence-electron chi connectivity index (χ0n) is 12.6. The normalized spacial score (nSPS) is 13.5. The van der Waals surface area contributed by atoms with Gasteiger partial charge < -0.3 is 10.4 Å². The molecule has 1 amide bonds. The number of hydrogen-bond acceptors (Lipinski definition) is 5. The number of aliphatic hydroxyl groups is 1. The Morgan fingerprint density at radius 2 is 2.14 bits per heavy atom. The van der Waals surface area contributed by atoms with Gasteiger partial charge in [0, 0.05) is 19.1 Å². The van der Waals surface area contributed by atoms with Crippen molar-refractivity contribution in [1.29, 1.82) is 0 Å². The molecule has 1 aromatic heterocycles. The van der Waals surface area contributed by atoms with Crippen LogP contribution in [0, 0.1) is 0 Å². The standard InChI is InChI=1S/C15H21N5O2/c1-2-13(8-9-21)17-15(22)14(20-11-16-18-19-20)10-12-6-4-3-5-7-12/h3-7,11,13-14,21H,2,8-10H2,1H3,(H,17,22). The van der Waals surface area contributed by atoms with Crippen LogP contribution in [0.4, 0.5) is 0 Å². The molecule has 0 spiro atoms. The Morgan fingerprint density at radius 1 is 1.36 bits per heavy atom. The molecule has 0 radical (unpaired) electrons. The van der Waals surface area contributed by atoms with Gasteiger partial charge in [0.15, 0.2) is 0 Å². The highest BCUT2D eigenvalue weighted by molar-refractivity contribution is 5.80. The smallest absolute Gasteiger partial charge is 0.245 e. The molecule has 0 saturated carbocycles. The van der Waals surface area contributed by atoms with Gasteiger partial charge >= 0.3 is 0 Å². The van der Waals surface area contributed by atoms with Crippen molar-refractivity contribution in [2.45, 2.75) is 38.3 Å². The molecule has 1 aromatic carbocycles. The number of benzene rings is 1. The summed E-state index contributed by atoms with van der Waals surface area (Å²) < 4.78 is 1.47. The number of nitrogens with one attached hydrogen (secondary N) is 1. The molecular weight excluding hydrogens is 282 g/mol. The van der Waals surface area contributed by atoms with Crippen LogP contribution in [0.2, 0.25) is 0 Å². The second-order valence-electron chi connectivity index (χ2n) is 5.12. The largest absolute Gasteiger partial charge is 0.396 e. The summed E-state index contributed by atoms with van der Waals surface area (Å²) in [6.45, 7) is 2.02. The Kier molecular flexibility index (Phi) is 6.02. The number of nitrogens with zero attached hydrogens (tertiary/aromatic N) is 4. The highest BCUT2D eigenvalue weighted by atomic mass is 16.3. The predicted molar refractivity (Wildman–Crippen MR) is 80.9 cm³/mol. The van der Waals surface area contributed by atoms with E-state index in [1.165, 1.54) is 11.0 Å². The summed E-state index contributed by atoms with van der Waals surface area (Å²) in [5.41, 5.74) is 1.04. The van der Waals surface area contributed by atoms with Gasteiger partial charge in [0.25, 0.3) is 0 Å². The third kappa shape index (κ3) is 4.36. The van der Waals surface area contributed by atoms with Gasteiger partial charge in [-0.25, -0.2) is 4.68 Å². The lowest BCUT2D eigenvalue weighted by Crippen LogP contribution is -2.41. The molecular formula is C15H21N5O2. The quantitative estimate of drug-likeness (QED) is 0.750. The molecule has 118 valence electrons. The summed E-state index contributed by atoms with van der Waals surface area (Å²) in [7, 11) is 0. The molecule has 0 bridgehead atoms. The van der Waals surface area contributed by atoms with Gasteiger partial charge in [-0.15, -0.1) is 5.10 Å². The van der Waals surface area contributed by atoms with Gasteiger partial charge in [-0.05, 0) is 28.8 Å². The van der Waals surface area contributed by atoms with Crippen molar-refractivity contribution < 1.29 is 9.90 Å². The van der Waals surface area contributed by atoms with Crippen LogP contribution in [0.5, 0.6) is 0 Å². The van der Waals surface area contributed by atoms with Gasteiger partial charge in [0.1, 0.15) is 12.4 Å². The van der Waals surface area contributed by atoms with Gasteiger partial charge in [0.2, 0.25) is 5.91 Å². The molecule has 0 aliphatic rings. The molecule has 2 atom stereocenters. The Labute approximate surface area is 129 Å². The average Bonchev–Trinajstić information content (AvgIpc) is 3.07. The van der Waals surface area contributed by atoms with Gasteiger partial charge in [0.05, 0.1) is 0 Å². The first-order valence-corrected chi connectivity index (χ1v) is 7.42. The fourth-order valence-electron chi connectivity index (χ4n) is 2.29. The second-order valence-corrected chi connectivity index (χ2v) is 5.12. The van der Waals surface area contributed by atoms with Gasteiger partial charge in [-0.1, -0.05) is 37.3 Å². The fraction of sp³-hybridized carbons (Fsp3) is 0.467. The zero-order chi connectivity index (χ0) is 15.8. The maximum absolute atomic E-state index is 12.6. The topological polar surface area (TPSA) is 92.9 Å². The van der Waals surface area contributed by atoms with Gasteiger partial charge in [-0.3, -0.25) is 4.79 Å². The summed E-state index contributed by atoms with van der Waals surface area (Å²) in [5.74, 6) is -0.142.